The highest BCUT2D eigenvalue weighted by atomic mass is 16.6. The molecule has 5 nitrogen and oxygen atoms in total. The summed E-state index contributed by atoms with van der Waals surface area (Å²) in [5.74, 6) is 0. The third kappa shape index (κ3) is 19.9. The van der Waals surface area contributed by atoms with E-state index in [9.17, 15) is 0 Å². The summed E-state index contributed by atoms with van der Waals surface area (Å²) in [5.41, 5.74) is 0.0355. The Morgan fingerprint density at radius 2 is 0.806 bits per heavy atom. The summed E-state index contributed by atoms with van der Waals surface area (Å²) in [5, 5.41) is 0. The molecule has 0 aromatic rings. The van der Waals surface area contributed by atoms with Crippen LogP contribution in [0.4, 0.5) is 0 Å². The Kier molecular flexibility index (Phi) is 23.6. The second-order valence-electron chi connectivity index (χ2n) is 10.8. The molecule has 2 atom stereocenters. The maximum absolute atomic E-state index is 5.81. The predicted octanol–water partition coefficient (Wildman–Crippen LogP) is 8.27. The zero-order chi connectivity index (χ0) is 26.0. The van der Waals surface area contributed by atoms with E-state index in [2.05, 4.69) is 13.8 Å². The van der Waals surface area contributed by atoms with Gasteiger partial charge in [-0.25, -0.2) is 0 Å². The Morgan fingerprint density at radius 3 is 1.11 bits per heavy atom. The zero-order valence-corrected chi connectivity index (χ0v) is 24.5. The Hall–Kier alpha value is -0.200. The Balaban J connectivity index is 1.62. The van der Waals surface area contributed by atoms with Crippen LogP contribution >= 0.6 is 0 Å². The van der Waals surface area contributed by atoms with Crippen molar-refractivity contribution in [2.24, 2.45) is 0 Å². The molecule has 0 aromatic heterocycles. The maximum Gasteiger partial charge on any atom is 0.117 e. The molecule has 0 amide bonds. The molecule has 1 aliphatic heterocycles. The van der Waals surface area contributed by atoms with Gasteiger partial charge in [0.15, 0.2) is 0 Å². The molecule has 0 saturated carbocycles. The largest absolute Gasteiger partial charge is 0.385 e. The van der Waals surface area contributed by atoms with Crippen LogP contribution in [0.15, 0.2) is 0 Å². The number of methoxy groups -OCH3 is 1. The van der Waals surface area contributed by atoms with E-state index < -0.39 is 0 Å². The van der Waals surface area contributed by atoms with Crippen molar-refractivity contribution in [1.29, 1.82) is 0 Å². The van der Waals surface area contributed by atoms with Gasteiger partial charge in [-0.05, 0) is 51.9 Å². The lowest BCUT2D eigenvalue weighted by Crippen LogP contribution is -2.21. The molecule has 0 N–H and O–H groups in total. The Morgan fingerprint density at radius 1 is 0.500 bits per heavy atom. The van der Waals surface area contributed by atoms with Crippen molar-refractivity contribution in [2.75, 3.05) is 53.4 Å². The van der Waals surface area contributed by atoms with Crippen LogP contribution in [0.3, 0.4) is 0 Å². The van der Waals surface area contributed by atoms with Gasteiger partial charge >= 0.3 is 0 Å². The van der Waals surface area contributed by atoms with E-state index in [1.54, 1.807) is 7.11 Å². The fourth-order valence-electron chi connectivity index (χ4n) is 4.78. The average molecular weight is 515 g/mol. The fraction of sp³-hybridized carbons (Fsp3) is 1.00. The van der Waals surface area contributed by atoms with E-state index >= 15 is 0 Å². The zero-order valence-electron chi connectivity index (χ0n) is 24.5. The first-order valence-corrected chi connectivity index (χ1v) is 15.6. The van der Waals surface area contributed by atoms with Gasteiger partial charge in [0.2, 0.25) is 0 Å². The van der Waals surface area contributed by atoms with Crippen LogP contribution in [-0.2, 0) is 23.7 Å². The van der Waals surface area contributed by atoms with Crippen LogP contribution in [0.5, 0.6) is 0 Å². The fourth-order valence-corrected chi connectivity index (χ4v) is 4.78. The molecule has 216 valence electrons. The summed E-state index contributed by atoms with van der Waals surface area (Å²) in [6.07, 6.45) is 24.6. The van der Waals surface area contributed by atoms with Crippen molar-refractivity contribution in [2.45, 2.75) is 148 Å². The standard InChI is InChI=1S/C31H62O5/c1-4-31(30(2)36-31)29-35-28-22-16-15-21-27-34-25-19-12-10-8-6-5-7-9-11-18-24-33-26-20-14-13-17-23-32-3/h30H,4-29H2,1-3H3. The molecular formula is C31H62O5. The van der Waals surface area contributed by atoms with Gasteiger partial charge in [-0.1, -0.05) is 84.0 Å². The SMILES string of the molecule is CCC1(COCCCCCCOCCCCCCCCCCCCOCCCCCCOC)OC1C. The van der Waals surface area contributed by atoms with E-state index in [4.69, 9.17) is 23.7 Å². The highest BCUT2D eigenvalue weighted by Crippen LogP contribution is 2.39. The molecule has 0 aromatic carbocycles. The van der Waals surface area contributed by atoms with Gasteiger partial charge in [-0.3, -0.25) is 0 Å². The highest BCUT2D eigenvalue weighted by Gasteiger charge is 2.51. The van der Waals surface area contributed by atoms with Crippen LogP contribution in [0.25, 0.3) is 0 Å². The minimum Gasteiger partial charge on any atom is -0.385 e. The molecule has 0 radical (unpaired) electrons. The van der Waals surface area contributed by atoms with Crippen LogP contribution in [0.2, 0.25) is 0 Å². The van der Waals surface area contributed by atoms with E-state index in [1.807, 2.05) is 0 Å². The minimum absolute atomic E-state index is 0.0355. The summed E-state index contributed by atoms with van der Waals surface area (Å²) in [7, 11) is 1.78. The van der Waals surface area contributed by atoms with Gasteiger partial charge in [-0.15, -0.1) is 0 Å². The monoisotopic (exact) mass is 514 g/mol. The minimum atomic E-state index is 0.0355. The number of ether oxygens (including phenoxy) is 5. The molecule has 1 saturated heterocycles. The molecule has 2 unspecified atom stereocenters. The summed E-state index contributed by atoms with van der Waals surface area (Å²) < 4.78 is 28.1. The van der Waals surface area contributed by atoms with Crippen LogP contribution in [0, 0.1) is 0 Å². The van der Waals surface area contributed by atoms with Crippen LogP contribution in [0.1, 0.15) is 136 Å². The van der Waals surface area contributed by atoms with Crippen molar-refractivity contribution in [3.63, 3.8) is 0 Å². The second-order valence-corrected chi connectivity index (χ2v) is 10.8. The van der Waals surface area contributed by atoms with Crippen molar-refractivity contribution in [3.05, 3.63) is 0 Å². The van der Waals surface area contributed by atoms with Gasteiger partial charge in [0.05, 0.1) is 12.7 Å². The van der Waals surface area contributed by atoms with Gasteiger partial charge in [-0.2, -0.15) is 0 Å². The van der Waals surface area contributed by atoms with E-state index in [-0.39, 0.29) is 5.60 Å². The maximum atomic E-state index is 5.81. The molecule has 1 aliphatic rings. The summed E-state index contributed by atoms with van der Waals surface area (Å²) in [6.45, 7) is 10.6. The summed E-state index contributed by atoms with van der Waals surface area (Å²) >= 11 is 0. The lowest BCUT2D eigenvalue weighted by Gasteiger charge is -2.10. The van der Waals surface area contributed by atoms with Crippen molar-refractivity contribution in [1.82, 2.24) is 0 Å². The van der Waals surface area contributed by atoms with Gasteiger partial charge in [0, 0.05) is 46.8 Å². The van der Waals surface area contributed by atoms with E-state index in [0.717, 1.165) is 59.1 Å². The predicted molar refractivity (Wildman–Crippen MR) is 151 cm³/mol. The molecule has 0 bridgehead atoms. The highest BCUT2D eigenvalue weighted by molar-refractivity contribution is 4.99. The second kappa shape index (κ2) is 25.1. The van der Waals surface area contributed by atoms with Crippen molar-refractivity contribution < 1.29 is 23.7 Å². The van der Waals surface area contributed by atoms with E-state index in [1.165, 1.54) is 109 Å². The van der Waals surface area contributed by atoms with Gasteiger partial charge in [0.1, 0.15) is 5.60 Å². The first kappa shape index (κ1) is 33.8. The molecule has 1 rings (SSSR count). The average Bonchev–Trinajstić information content (AvgIpc) is 3.55. The third-order valence-corrected chi connectivity index (χ3v) is 7.58. The van der Waals surface area contributed by atoms with Crippen LogP contribution < -0.4 is 0 Å². The number of hydrogen-bond donors (Lipinski definition) is 0. The summed E-state index contributed by atoms with van der Waals surface area (Å²) in [6, 6.07) is 0. The van der Waals surface area contributed by atoms with Crippen molar-refractivity contribution >= 4 is 0 Å². The molecule has 1 heterocycles. The molecule has 36 heavy (non-hydrogen) atoms. The van der Waals surface area contributed by atoms with Gasteiger partial charge in [0.25, 0.3) is 0 Å². The molecule has 0 spiro atoms. The van der Waals surface area contributed by atoms with E-state index in [0.29, 0.717) is 6.10 Å². The molecule has 0 aliphatic carbocycles. The Labute approximate surface area is 224 Å². The number of unbranched alkanes of at least 4 members (excludes halogenated alkanes) is 15. The quantitative estimate of drug-likeness (QED) is 0.0713. The third-order valence-electron chi connectivity index (χ3n) is 7.58. The summed E-state index contributed by atoms with van der Waals surface area (Å²) in [4.78, 5) is 0. The number of rotatable bonds is 30. The molecule has 5 heteroatoms. The number of hydrogen-bond acceptors (Lipinski definition) is 5. The lowest BCUT2D eigenvalue weighted by molar-refractivity contribution is 0.0735. The number of epoxide rings is 1. The van der Waals surface area contributed by atoms with Crippen molar-refractivity contribution in [3.8, 4) is 0 Å². The van der Waals surface area contributed by atoms with Gasteiger partial charge < -0.3 is 23.7 Å². The molecule has 1 fully saturated rings. The van der Waals surface area contributed by atoms with Crippen LogP contribution in [-0.4, -0.2) is 65.1 Å². The Bertz CT molecular complexity index is 443. The topological polar surface area (TPSA) is 49.5 Å². The molecular weight excluding hydrogens is 452 g/mol. The smallest absolute Gasteiger partial charge is 0.117 e. The first-order valence-electron chi connectivity index (χ1n) is 15.6. The first-order chi connectivity index (χ1) is 17.7. The lowest BCUT2D eigenvalue weighted by atomic mass is 10.0. The normalized spacial score (nSPS) is 19.2.